The average Bonchev–Trinajstić information content (AvgIpc) is 3.08. The summed E-state index contributed by atoms with van der Waals surface area (Å²) in [5.74, 6) is 1.60. The molecule has 1 aliphatic heterocycles. The molecule has 0 radical (unpaired) electrons. The van der Waals surface area contributed by atoms with Crippen molar-refractivity contribution in [1.82, 2.24) is 15.3 Å². The van der Waals surface area contributed by atoms with Crippen molar-refractivity contribution in [2.45, 2.75) is 45.3 Å². The van der Waals surface area contributed by atoms with Crippen LogP contribution in [0.15, 0.2) is 35.2 Å². The number of nitrogens with zero attached hydrogens (tertiary/aromatic N) is 3. The van der Waals surface area contributed by atoms with Gasteiger partial charge in [0.25, 0.3) is 0 Å². The predicted octanol–water partition coefficient (Wildman–Crippen LogP) is 3.23. The molecule has 3 rings (SSSR count). The number of carbonyl (C=O) groups is 1. The van der Waals surface area contributed by atoms with Crippen LogP contribution in [0.5, 0.6) is 0 Å². The highest BCUT2D eigenvalue weighted by molar-refractivity contribution is 5.68. The molecule has 134 valence electrons. The van der Waals surface area contributed by atoms with Crippen molar-refractivity contribution in [1.29, 1.82) is 0 Å². The van der Waals surface area contributed by atoms with E-state index in [1.807, 2.05) is 39.0 Å². The van der Waals surface area contributed by atoms with E-state index in [4.69, 9.17) is 9.15 Å². The molecule has 1 fully saturated rings. The zero-order valence-corrected chi connectivity index (χ0v) is 14.9. The standard InChI is InChI=1S/C18H24N4O3/c1-18(2,3)25-17(23)21-13-6-8-22(9-7-13)16-11-14(19-12-20-16)15-5-4-10-24-15/h4-5,10-13H,6-9H2,1-3H3,(H,21,23). The number of hydrogen-bond acceptors (Lipinski definition) is 6. The first kappa shape index (κ1) is 17.3. The van der Waals surface area contributed by atoms with Crippen molar-refractivity contribution in [3.8, 4) is 11.5 Å². The quantitative estimate of drug-likeness (QED) is 0.921. The summed E-state index contributed by atoms with van der Waals surface area (Å²) in [5, 5.41) is 2.95. The van der Waals surface area contributed by atoms with Crippen LogP contribution in [0.1, 0.15) is 33.6 Å². The number of aromatic nitrogens is 2. The number of amides is 1. The number of ether oxygens (including phenoxy) is 1. The van der Waals surface area contributed by atoms with E-state index in [1.165, 1.54) is 0 Å². The summed E-state index contributed by atoms with van der Waals surface area (Å²) in [4.78, 5) is 22.7. The molecule has 2 aromatic rings. The molecule has 0 bridgehead atoms. The number of rotatable bonds is 3. The van der Waals surface area contributed by atoms with E-state index in [2.05, 4.69) is 20.2 Å². The Hall–Kier alpha value is -2.57. The maximum Gasteiger partial charge on any atom is 0.407 e. The fraction of sp³-hybridized carbons (Fsp3) is 0.500. The molecule has 0 saturated carbocycles. The summed E-state index contributed by atoms with van der Waals surface area (Å²) in [6.07, 6.45) is 4.52. The molecule has 1 saturated heterocycles. The second kappa shape index (κ2) is 7.13. The molecular weight excluding hydrogens is 320 g/mol. The van der Waals surface area contributed by atoms with E-state index in [9.17, 15) is 4.79 Å². The number of carbonyl (C=O) groups excluding carboxylic acids is 1. The normalized spacial score (nSPS) is 15.9. The van der Waals surface area contributed by atoms with Gasteiger partial charge in [-0.05, 0) is 45.7 Å². The van der Waals surface area contributed by atoms with Gasteiger partial charge in [0.2, 0.25) is 0 Å². The highest BCUT2D eigenvalue weighted by Gasteiger charge is 2.24. The monoisotopic (exact) mass is 344 g/mol. The Balaban J connectivity index is 1.56. The third kappa shape index (κ3) is 4.71. The minimum absolute atomic E-state index is 0.123. The van der Waals surface area contributed by atoms with Crippen LogP contribution in [0.2, 0.25) is 0 Å². The van der Waals surface area contributed by atoms with Gasteiger partial charge in [-0.2, -0.15) is 0 Å². The van der Waals surface area contributed by atoms with Crippen LogP contribution in [0.4, 0.5) is 10.6 Å². The summed E-state index contributed by atoms with van der Waals surface area (Å²) >= 11 is 0. The number of nitrogens with one attached hydrogen (secondary N) is 1. The van der Waals surface area contributed by atoms with Crippen LogP contribution in [0.3, 0.4) is 0 Å². The second-order valence-corrected chi connectivity index (χ2v) is 7.15. The lowest BCUT2D eigenvalue weighted by Gasteiger charge is -2.33. The summed E-state index contributed by atoms with van der Waals surface area (Å²) in [6.45, 7) is 7.22. The highest BCUT2D eigenvalue weighted by atomic mass is 16.6. The minimum atomic E-state index is -0.478. The topological polar surface area (TPSA) is 80.5 Å². The van der Waals surface area contributed by atoms with Gasteiger partial charge < -0.3 is 19.4 Å². The Labute approximate surface area is 147 Å². The molecule has 1 amide bonds. The largest absolute Gasteiger partial charge is 0.463 e. The van der Waals surface area contributed by atoms with Gasteiger partial charge >= 0.3 is 6.09 Å². The fourth-order valence-corrected chi connectivity index (χ4v) is 2.81. The molecule has 7 nitrogen and oxygen atoms in total. The van der Waals surface area contributed by atoms with Crippen LogP contribution in [0, 0.1) is 0 Å². The molecule has 1 N–H and O–H groups in total. The van der Waals surface area contributed by atoms with Gasteiger partial charge in [-0.25, -0.2) is 14.8 Å². The van der Waals surface area contributed by atoms with Gasteiger partial charge in [-0.3, -0.25) is 0 Å². The van der Waals surface area contributed by atoms with Crippen LogP contribution in [0.25, 0.3) is 11.5 Å². The molecule has 7 heteroatoms. The Morgan fingerprint density at radius 2 is 2.08 bits per heavy atom. The molecule has 0 atom stereocenters. The molecule has 1 aliphatic rings. The molecule has 3 heterocycles. The summed E-state index contributed by atoms with van der Waals surface area (Å²) in [7, 11) is 0. The number of alkyl carbamates (subject to hydrolysis) is 1. The third-order valence-electron chi connectivity index (χ3n) is 3.97. The van der Waals surface area contributed by atoms with E-state index >= 15 is 0 Å². The minimum Gasteiger partial charge on any atom is -0.463 e. The lowest BCUT2D eigenvalue weighted by Crippen LogP contribution is -2.46. The molecule has 2 aromatic heterocycles. The Kier molecular flexibility index (Phi) is 4.92. The van der Waals surface area contributed by atoms with Gasteiger partial charge in [-0.1, -0.05) is 0 Å². The average molecular weight is 344 g/mol. The van der Waals surface area contributed by atoms with E-state index in [1.54, 1.807) is 12.6 Å². The van der Waals surface area contributed by atoms with Crippen LogP contribution < -0.4 is 10.2 Å². The number of piperidine rings is 1. The Morgan fingerprint density at radius 3 is 2.72 bits per heavy atom. The number of furan rings is 1. The highest BCUT2D eigenvalue weighted by Crippen LogP contribution is 2.23. The molecule has 0 aromatic carbocycles. The Morgan fingerprint density at radius 1 is 1.32 bits per heavy atom. The van der Waals surface area contributed by atoms with E-state index in [0.29, 0.717) is 0 Å². The van der Waals surface area contributed by atoms with Gasteiger partial charge in [-0.15, -0.1) is 0 Å². The maximum absolute atomic E-state index is 11.9. The molecule has 0 unspecified atom stereocenters. The first-order valence-electron chi connectivity index (χ1n) is 8.51. The van der Waals surface area contributed by atoms with Crippen molar-refractivity contribution in [2.75, 3.05) is 18.0 Å². The van der Waals surface area contributed by atoms with Crippen molar-refractivity contribution in [3.63, 3.8) is 0 Å². The SMILES string of the molecule is CC(C)(C)OC(=O)NC1CCN(c2cc(-c3ccco3)ncn2)CC1. The van der Waals surface area contributed by atoms with Gasteiger partial charge in [0.15, 0.2) is 5.76 Å². The second-order valence-electron chi connectivity index (χ2n) is 7.15. The van der Waals surface area contributed by atoms with Crippen molar-refractivity contribution in [2.24, 2.45) is 0 Å². The predicted molar refractivity (Wildman–Crippen MR) is 94.3 cm³/mol. The Bertz CT molecular complexity index is 701. The molecule has 0 aliphatic carbocycles. The zero-order chi connectivity index (χ0) is 17.9. The summed E-state index contributed by atoms with van der Waals surface area (Å²) in [5.41, 5.74) is 0.289. The van der Waals surface area contributed by atoms with Crippen molar-refractivity contribution in [3.05, 3.63) is 30.8 Å². The van der Waals surface area contributed by atoms with Gasteiger partial charge in [0, 0.05) is 25.2 Å². The summed E-state index contributed by atoms with van der Waals surface area (Å²) < 4.78 is 10.7. The zero-order valence-electron chi connectivity index (χ0n) is 14.9. The first-order chi connectivity index (χ1) is 11.9. The maximum atomic E-state index is 11.9. The third-order valence-corrected chi connectivity index (χ3v) is 3.97. The van der Waals surface area contributed by atoms with Crippen molar-refractivity contribution >= 4 is 11.9 Å². The molecular formula is C18H24N4O3. The lowest BCUT2D eigenvalue weighted by molar-refractivity contribution is 0.0497. The first-order valence-corrected chi connectivity index (χ1v) is 8.51. The van der Waals surface area contributed by atoms with E-state index in [0.717, 1.165) is 43.2 Å². The fourth-order valence-electron chi connectivity index (χ4n) is 2.81. The number of hydrogen-bond donors (Lipinski definition) is 1. The van der Waals surface area contributed by atoms with E-state index < -0.39 is 5.60 Å². The molecule has 0 spiro atoms. The smallest absolute Gasteiger partial charge is 0.407 e. The van der Waals surface area contributed by atoms with E-state index in [-0.39, 0.29) is 12.1 Å². The summed E-state index contributed by atoms with van der Waals surface area (Å²) in [6, 6.07) is 5.77. The van der Waals surface area contributed by atoms with Crippen LogP contribution >= 0.6 is 0 Å². The lowest BCUT2D eigenvalue weighted by atomic mass is 10.1. The van der Waals surface area contributed by atoms with Crippen LogP contribution in [-0.2, 0) is 4.74 Å². The number of anilines is 1. The van der Waals surface area contributed by atoms with Crippen LogP contribution in [-0.4, -0.2) is 40.8 Å². The van der Waals surface area contributed by atoms with Gasteiger partial charge in [0.05, 0.1) is 6.26 Å². The molecule has 25 heavy (non-hydrogen) atoms. The van der Waals surface area contributed by atoms with Crippen molar-refractivity contribution < 1.29 is 13.9 Å². The van der Waals surface area contributed by atoms with Gasteiger partial charge in [0.1, 0.15) is 23.4 Å².